The topological polar surface area (TPSA) is 8.29 Å². The van der Waals surface area contributed by atoms with Gasteiger partial charge in [0.2, 0.25) is 5.52 Å². The summed E-state index contributed by atoms with van der Waals surface area (Å²) in [6, 6.07) is 17.3. The fourth-order valence-electron chi connectivity index (χ4n) is 5.21. The maximum Gasteiger partial charge on any atom is 0.224 e. The maximum atomic E-state index is 8.58. The summed E-state index contributed by atoms with van der Waals surface area (Å²) >= 11 is 0. The lowest BCUT2D eigenvalue weighted by Crippen LogP contribution is -2.28. The molecule has 0 amide bonds. The zero-order valence-corrected chi connectivity index (χ0v) is 17.2. The molecule has 2 heteroatoms. The van der Waals surface area contributed by atoms with E-state index in [4.69, 9.17) is 6.85 Å². The van der Waals surface area contributed by atoms with Gasteiger partial charge in [-0.25, -0.2) is 4.57 Å². The summed E-state index contributed by atoms with van der Waals surface area (Å²) in [4.78, 5) is 0. The molecule has 7 aromatic rings. The molecule has 3 aromatic heterocycles. The van der Waals surface area contributed by atoms with Crippen molar-refractivity contribution in [2.75, 3.05) is 0 Å². The van der Waals surface area contributed by atoms with Crippen LogP contribution in [-0.4, -0.2) is 4.40 Å². The van der Waals surface area contributed by atoms with E-state index in [0.717, 1.165) is 38.2 Å². The van der Waals surface area contributed by atoms with Crippen molar-refractivity contribution < 1.29 is 11.4 Å². The van der Waals surface area contributed by atoms with E-state index in [2.05, 4.69) is 53.3 Å². The first kappa shape index (κ1) is 12.7. The Morgan fingerprint density at radius 3 is 2.52 bits per heavy atom. The third kappa shape index (κ3) is 2.09. The highest BCUT2D eigenvalue weighted by atomic mass is 15.0. The number of aryl methyl sites for hydroxylation is 2. The van der Waals surface area contributed by atoms with Crippen LogP contribution in [0.3, 0.4) is 0 Å². The summed E-state index contributed by atoms with van der Waals surface area (Å²) in [5.41, 5.74) is 6.29. The van der Waals surface area contributed by atoms with E-state index in [1.165, 1.54) is 16.3 Å². The van der Waals surface area contributed by atoms with Gasteiger partial charge in [0.25, 0.3) is 0 Å². The number of benzene rings is 4. The molecule has 0 bridgehead atoms. The summed E-state index contributed by atoms with van der Waals surface area (Å²) in [5.74, 6) is 0. The van der Waals surface area contributed by atoms with Gasteiger partial charge >= 0.3 is 0 Å². The number of fused-ring (bicyclic) bond motifs is 5. The first-order valence-electron chi connectivity index (χ1n) is 12.9. The second-order valence-corrected chi connectivity index (χ2v) is 8.24. The van der Waals surface area contributed by atoms with Crippen LogP contribution in [0.5, 0.6) is 0 Å². The number of aromatic nitrogens is 2. The van der Waals surface area contributed by atoms with Gasteiger partial charge in [-0.1, -0.05) is 60.5 Å². The number of para-hydroxylation sites is 1. The molecule has 3 heterocycles. The molecule has 4 aromatic carbocycles. The van der Waals surface area contributed by atoms with Crippen LogP contribution < -0.4 is 4.57 Å². The van der Waals surface area contributed by atoms with Gasteiger partial charge in [-0.2, -0.15) is 0 Å². The smallest absolute Gasteiger partial charge is 0.224 e. The SMILES string of the molecule is [2H]c1c([2H])c([2H])c(-c2cc3cc[n+](C)c4c5c(C)ccc6c7ccccc7n(c(c2)c34)c65)c([2H])c1[2H]. The number of hydrogen-bond donors (Lipinski definition) is 0. The zero-order chi connectivity index (χ0) is 25.0. The molecule has 0 unspecified atom stereocenters. The normalized spacial score (nSPS) is 14.5. The fourth-order valence-corrected chi connectivity index (χ4v) is 5.21. The lowest BCUT2D eigenvalue weighted by molar-refractivity contribution is -0.643. The van der Waals surface area contributed by atoms with Crippen LogP contribution in [0.2, 0.25) is 0 Å². The highest BCUT2D eigenvalue weighted by molar-refractivity contribution is 6.26. The molecule has 0 saturated heterocycles. The van der Waals surface area contributed by atoms with Crippen molar-refractivity contribution >= 4 is 49.0 Å². The summed E-state index contributed by atoms with van der Waals surface area (Å²) in [7, 11) is 2.05. The Kier molecular flexibility index (Phi) is 2.39. The summed E-state index contributed by atoms with van der Waals surface area (Å²) < 4.78 is 46.0. The zero-order valence-electron chi connectivity index (χ0n) is 22.2. The molecule has 0 aliphatic heterocycles. The molecular weight excluding hydrogens is 376 g/mol. The Bertz CT molecular complexity index is 2040. The Labute approximate surface area is 186 Å². The third-order valence-corrected chi connectivity index (χ3v) is 6.53. The Morgan fingerprint density at radius 2 is 1.65 bits per heavy atom. The molecule has 0 aliphatic carbocycles. The number of rotatable bonds is 1. The second-order valence-electron chi connectivity index (χ2n) is 8.24. The molecule has 0 spiro atoms. The molecule has 7 rings (SSSR count). The van der Waals surface area contributed by atoms with Gasteiger partial charge in [0, 0.05) is 16.8 Å². The molecule has 2 nitrogen and oxygen atoms in total. The predicted molar refractivity (Wildman–Crippen MR) is 130 cm³/mol. The quantitative estimate of drug-likeness (QED) is 0.162. The Balaban J connectivity index is 1.80. The molecule has 0 fully saturated rings. The monoisotopic (exact) mass is 402 g/mol. The van der Waals surface area contributed by atoms with Crippen LogP contribution in [0.15, 0.2) is 91.0 Å². The minimum absolute atomic E-state index is 0.191. The van der Waals surface area contributed by atoms with E-state index in [0.29, 0.717) is 5.56 Å². The summed E-state index contributed by atoms with van der Waals surface area (Å²) in [6.45, 7) is 2.14. The van der Waals surface area contributed by atoms with Crippen LogP contribution >= 0.6 is 0 Å². The maximum absolute atomic E-state index is 8.58. The lowest BCUT2D eigenvalue weighted by Gasteiger charge is -2.14. The van der Waals surface area contributed by atoms with Crippen molar-refractivity contribution in [2.45, 2.75) is 6.92 Å². The van der Waals surface area contributed by atoms with E-state index in [1.807, 2.05) is 30.5 Å². The lowest BCUT2D eigenvalue weighted by atomic mass is 9.96. The highest BCUT2D eigenvalue weighted by Crippen LogP contribution is 2.41. The van der Waals surface area contributed by atoms with Crippen molar-refractivity contribution in [3.8, 4) is 11.1 Å². The van der Waals surface area contributed by atoms with Gasteiger partial charge in [0.1, 0.15) is 7.05 Å². The molecular formula is C29H21N2+. The van der Waals surface area contributed by atoms with Crippen molar-refractivity contribution in [3.63, 3.8) is 0 Å². The molecule has 0 N–H and O–H groups in total. The van der Waals surface area contributed by atoms with E-state index in [1.54, 1.807) is 0 Å². The van der Waals surface area contributed by atoms with E-state index < -0.39 is 0 Å². The summed E-state index contributed by atoms with van der Waals surface area (Å²) in [6.07, 6.45) is 2.03. The van der Waals surface area contributed by atoms with Crippen molar-refractivity contribution in [3.05, 3.63) is 96.6 Å². The third-order valence-electron chi connectivity index (χ3n) is 6.53. The van der Waals surface area contributed by atoms with Crippen LogP contribution in [0, 0.1) is 6.92 Å². The number of nitrogens with zero attached hydrogens (tertiary/aromatic N) is 2. The number of hydrogen-bond acceptors (Lipinski definition) is 0. The van der Waals surface area contributed by atoms with Crippen LogP contribution in [0.25, 0.3) is 60.1 Å². The van der Waals surface area contributed by atoms with E-state index >= 15 is 0 Å². The first-order chi connectivity index (χ1) is 17.3. The Hall–Kier alpha value is -3.91. The molecule has 0 atom stereocenters. The standard InChI is InChI=1S/C29H21N2/c1-18-12-13-23-22-10-6-7-11-24(22)31-25-17-21(19-8-4-3-5-9-19)16-20-14-15-30(2)29(27(20)25)26(18)28(23)31/h3-17H,1-2H3/q+1/i3D,4D,5D,8D,9D. The van der Waals surface area contributed by atoms with Crippen LogP contribution in [0.4, 0.5) is 0 Å². The predicted octanol–water partition coefficient (Wildman–Crippen LogP) is 6.79. The van der Waals surface area contributed by atoms with Crippen molar-refractivity contribution in [1.29, 1.82) is 0 Å². The highest BCUT2D eigenvalue weighted by Gasteiger charge is 2.24. The average molecular weight is 403 g/mol. The van der Waals surface area contributed by atoms with E-state index in [9.17, 15) is 0 Å². The van der Waals surface area contributed by atoms with Crippen molar-refractivity contribution in [1.82, 2.24) is 4.40 Å². The molecule has 0 radical (unpaired) electrons. The molecule has 0 saturated carbocycles. The number of pyridine rings is 2. The minimum Gasteiger partial charge on any atom is -0.307 e. The van der Waals surface area contributed by atoms with Gasteiger partial charge in [-0.15, -0.1) is 0 Å². The van der Waals surface area contributed by atoms with Crippen LogP contribution in [-0.2, 0) is 7.05 Å². The first-order valence-corrected chi connectivity index (χ1v) is 10.4. The van der Waals surface area contributed by atoms with E-state index in [-0.39, 0.29) is 35.8 Å². The minimum atomic E-state index is -0.382. The molecule has 31 heavy (non-hydrogen) atoms. The summed E-state index contributed by atoms with van der Waals surface area (Å²) in [5, 5.41) is 5.57. The van der Waals surface area contributed by atoms with Gasteiger partial charge in [0.15, 0.2) is 6.20 Å². The second kappa shape index (κ2) is 5.83. The molecule has 146 valence electrons. The van der Waals surface area contributed by atoms with Crippen molar-refractivity contribution in [2.24, 2.45) is 7.05 Å². The van der Waals surface area contributed by atoms with Gasteiger partial charge in [-0.05, 0) is 47.2 Å². The van der Waals surface area contributed by atoms with Crippen LogP contribution in [0.1, 0.15) is 12.4 Å². The molecule has 0 aliphatic rings. The van der Waals surface area contributed by atoms with Gasteiger partial charge in [-0.3, -0.25) is 0 Å². The Morgan fingerprint density at radius 1 is 0.806 bits per heavy atom. The largest absolute Gasteiger partial charge is 0.307 e. The fraction of sp³-hybridized carbons (Fsp3) is 0.0690. The van der Waals surface area contributed by atoms with Gasteiger partial charge in [0.05, 0.1) is 34.2 Å². The van der Waals surface area contributed by atoms with Gasteiger partial charge < -0.3 is 4.40 Å². The average Bonchev–Trinajstić information content (AvgIpc) is 3.21.